The van der Waals surface area contributed by atoms with E-state index in [4.69, 9.17) is 4.74 Å². The molecule has 0 saturated heterocycles. The number of hydrogen-bond acceptors (Lipinski definition) is 2. The maximum Gasteiger partial charge on any atom is 0.306 e. The fraction of sp³-hybridized carbons (Fsp3) is 0.562. The van der Waals surface area contributed by atoms with Gasteiger partial charge in [0.15, 0.2) is 0 Å². The summed E-state index contributed by atoms with van der Waals surface area (Å²) in [4.78, 5) is 11.8. The number of benzene rings is 1. The molecular formula is C16H25O2P. The van der Waals surface area contributed by atoms with E-state index in [1.807, 2.05) is 25.1 Å². The highest BCUT2D eigenvalue weighted by Gasteiger charge is 2.16. The third kappa shape index (κ3) is 6.20. The Kier molecular flexibility index (Phi) is 7.74. The molecule has 0 bridgehead atoms. The van der Waals surface area contributed by atoms with Gasteiger partial charge in [-0.25, -0.2) is 0 Å². The van der Waals surface area contributed by atoms with Crippen molar-refractivity contribution >= 4 is 13.9 Å². The van der Waals surface area contributed by atoms with Gasteiger partial charge in [0.25, 0.3) is 0 Å². The summed E-state index contributed by atoms with van der Waals surface area (Å²) >= 11 is 0. The summed E-state index contributed by atoms with van der Waals surface area (Å²) in [6.45, 7) is 6.39. The van der Waals surface area contributed by atoms with Gasteiger partial charge in [0.05, 0.1) is 0 Å². The maximum absolute atomic E-state index is 11.8. The first kappa shape index (κ1) is 16.2. The van der Waals surface area contributed by atoms with Gasteiger partial charge < -0.3 is 4.74 Å². The average Bonchev–Trinajstić information content (AvgIpc) is 2.41. The molecule has 1 aromatic rings. The van der Waals surface area contributed by atoms with Crippen LogP contribution in [0.2, 0.25) is 0 Å². The highest BCUT2D eigenvalue weighted by atomic mass is 31.1. The minimum absolute atomic E-state index is 0.0437. The Labute approximate surface area is 118 Å². The van der Waals surface area contributed by atoms with Crippen LogP contribution in [-0.2, 0) is 16.0 Å². The minimum atomic E-state index is -0.152. The zero-order chi connectivity index (χ0) is 14.1. The van der Waals surface area contributed by atoms with E-state index in [-0.39, 0.29) is 19.7 Å². The zero-order valence-corrected chi connectivity index (χ0v) is 13.2. The van der Waals surface area contributed by atoms with Crippen LogP contribution in [0.5, 0.6) is 0 Å². The van der Waals surface area contributed by atoms with Gasteiger partial charge in [-0.1, -0.05) is 52.1 Å². The molecule has 0 saturated carbocycles. The number of carbonyl (C=O) groups is 1. The molecule has 0 heterocycles. The number of esters is 1. The summed E-state index contributed by atoms with van der Waals surface area (Å²) in [6.07, 6.45) is 4.59. The molecule has 106 valence electrons. The lowest BCUT2D eigenvalue weighted by Gasteiger charge is -2.22. The quantitative estimate of drug-likeness (QED) is 0.520. The summed E-state index contributed by atoms with van der Waals surface area (Å²) in [7, 11) is -0.152. The van der Waals surface area contributed by atoms with Crippen molar-refractivity contribution in [2.24, 2.45) is 0 Å². The number of rotatable bonds is 8. The van der Waals surface area contributed by atoms with E-state index in [2.05, 4.69) is 26.0 Å². The second-order valence-corrected chi connectivity index (χ2v) is 7.82. The first-order valence-electron chi connectivity index (χ1n) is 7.14. The number of hydrogen-bond donors (Lipinski definition) is 0. The first-order chi connectivity index (χ1) is 9.17. The largest absolute Gasteiger partial charge is 0.458 e. The van der Waals surface area contributed by atoms with E-state index in [0.29, 0.717) is 6.42 Å². The zero-order valence-electron chi connectivity index (χ0n) is 12.3. The fourth-order valence-corrected chi connectivity index (χ4v) is 3.89. The van der Waals surface area contributed by atoms with Gasteiger partial charge >= 0.3 is 5.97 Å². The standard InChI is InChI=1S/C16H25O2P/c1-4-19(5-2)14(3)18-16(17)13-9-12-15-10-7-6-8-11-15/h6-8,10-11,14H,4-5,9,12-13H2,1-3H3. The molecule has 3 heteroatoms. The van der Waals surface area contributed by atoms with Gasteiger partial charge in [-0.2, -0.15) is 0 Å². The molecular weight excluding hydrogens is 255 g/mol. The second-order valence-electron chi connectivity index (χ2n) is 4.65. The third-order valence-electron chi connectivity index (χ3n) is 3.32. The Balaban J connectivity index is 2.24. The van der Waals surface area contributed by atoms with Crippen molar-refractivity contribution in [2.75, 3.05) is 12.3 Å². The lowest BCUT2D eigenvalue weighted by Crippen LogP contribution is -2.15. The predicted octanol–water partition coefficient (Wildman–Crippen LogP) is 4.42. The van der Waals surface area contributed by atoms with Crippen LogP contribution in [-0.4, -0.2) is 24.1 Å². The maximum atomic E-state index is 11.8. The average molecular weight is 280 g/mol. The normalized spacial score (nSPS) is 12.4. The van der Waals surface area contributed by atoms with Crippen LogP contribution in [0.1, 0.15) is 39.2 Å². The third-order valence-corrected chi connectivity index (χ3v) is 6.08. The molecule has 1 unspecified atom stereocenters. The summed E-state index contributed by atoms with van der Waals surface area (Å²) in [5.74, 6) is 0.0621. The van der Waals surface area contributed by atoms with Gasteiger partial charge in [0, 0.05) is 6.42 Å². The van der Waals surface area contributed by atoms with Gasteiger partial charge in [-0.15, -0.1) is 0 Å². The Hall–Kier alpha value is -0.880. The smallest absolute Gasteiger partial charge is 0.306 e. The van der Waals surface area contributed by atoms with Crippen molar-refractivity contribution in [3.05, 3.63) is 35.9 Å². The molecule has 1 aromatic carbocycles. The molecule has 19 heavy (non-hydrogen) atoms. The van der Waals surface area contributed by atoms with Crippen molar-refractivity contribution < 1.29 is 9.53 Å². The van der Waals surface area contributed by atoms with Crippen LogP contribution in [0.3, 0.4) is 0 Å². The van der Waals surface area contributed by atoms with Crippen LogP contribution in [0, 0.1) is 0 Å². The molecule has 0 N–H and O–H groups in total. The van der Waals surface area contributed by atoms with Gasteiger partial charge in [0.2, 0.25) is 0 Å². The Bertz CT molecular complexity index is 360. The molecule has 0 aliphatic carbocycles. The van der Waals surface area contributed by atoms with Crippen LogP contribution in [0.25, 0.3) is 0 Å². The molecule has 0 amide bonds. The summed E-state index contributed by atoms with van der Waals surface area (Å²) < 4.78 is 5.52. The SMILES string of the molecule is CCP(CC)C(C)OC(=O)CCCc1ccccc1. The van der Waals surface area contributed by atoms with E-state index < -0.39 is 0 Å². The van der Waals surface area contributed by atoms with Crippen LogP contribution >= 0.6 is 7.92 Å². The molecule has 2 nitrogen and oxygen atoms in total. The monoisotopic (exact) mass is 280 g/mol. The fourth-order valence-electron chi connectivity index (χ4n) is 2.14. The summed E-state index contributed by atoms with van der Waals surface area (Å²) in [6, 6.07) is 10.3. The molecule has 0 radical (unpaired) electrons. The van der Waals surface area contributed by atoms with Crippen LogP contribution < -0.4 is 0 Å². The first-order valence-corrected chi connectivity index (χ1v) is 8.93. The summed E-state index contributed by atoms with van der Waals surface area (Å²) in [5.41, 5.74) is 1.28. The van der Waals surface area contributed by atoms with Crippen LogP contribution in [0.4, 0.5) is 0 Å². The topological polar surface area (TPSA) is 26.3 Å². The Morgan fingerprint density at radius 3 is 2.42 bits per heavy atom. The van der Waals surface area contributed by atoms with Gasteiger partial charge in [-0.3, -0.25) is 4.79 Å². The van der Waals surface area contributed by atoms with Crippen molar-refractivity contribution in [2.45, 2.75) is 45.9 Å². The summed E-state index contributed by atoms with van der Waals surface area (Å²) in [5, 5.41) is 0. The second kappa shape index (κ2) is 9.09. The lowest BCUT2D eigenvalue weighted by molar-refractivity contribution is -0.144. The van der Waals surface area contributed by atoms with Crippen LogP contribution in [0.15, 0.2) is 30.3 Å². The number of aryl methyl sites for hydroxylation is 1. The van der Waals surface area contributed by atoms with E-state index >= 15 is 0 Å². The molecule has 0 aliphatic rings. The molecule has 0 aliphatic heterocycles. The van der Waals surface area contributed by atoms with Crippen molar-refractivity contribution in [3.8, 4) is 0 Å². The number of carbonyl (C=O) groups excluding carboxylic acids is 1. The van der Waals surface area contributed by atoms with Crippen molar-refractivity contribution in [3.63, 3.8) is 0 Å². The highest BCUT2D eigenvalue weighted by molar-refractivity contribution is 7.58. The van der Waals surface area contributed by atoms with E-state index in [0.717, 1.165) is 25.2 Å². The van der Waals surface area contributed by atoms with E-state index in [9.17, 15) is 4.79 Å². The Morgan fingerprint density at radius 2 is 1.84 bits per heavy atom. The van der Waals surface area contributed by atoms with Crippen molar-refractivity contribution in [1.82, 2.24) is 0 Å². The van der Waals surface area contributed by atoms with Gasteiger partial charge in [0.1, 0.15) is 5.85 Å². The molecule has 1 atom stereocenters. The molecule has 0 fully saturated rings. The van der Waals surface area contributed by atoms with E-state index in [1.54, 1.807) is 0 Å². The van der Waals surface area contributed by atoms with Crippen molar-refractivity contribution in [1.29, 1.82) is 0 Å². The predicted molar refractivity (Wildman–Crippen MR) is 82.9 cm³/mol. The Morgan fingerprint density at radius 1 is 1.21 bits per heavy atom. The lowest BCUT2D eigenvalue weighted by atomic mass is 10.1. The molecule has 0 aromatic heterocycles. The van der Waals surface area contributed by atoms with E-state index in [1.165, 1.54) is 5.56 Å². The number of ether oxygens (including phenoxy) is 1. The molecule has 1 rings (SSSR count). The highest BCUT2D eigenvalue weighted by Crippen LogP contribution is 2.40. The molecule has 0 spiro atoms. The minimum Gasteiger partial charge on any atom is -0.458 e. The van der Waals surface area contributed by atoms with Gasteiger partial charge in [-0.05, 0) is 37.7 Å².